The first kappa shape index (κ1) is 17.4. The topological polar surface area (TPSA) is 24.9 Å². The van der Waals surface area contributed by atoms with Gasteiger partial charge in [0.1, 0.15) is 0 Å². The Morgan fingerprint density at radius 3 is 2.64 bits per heavy atom. The molecule has 130 valence electrons. The second-order valence-electron chi connectivity index (χ2n) is 6.97. The summed E-state index contributed by atoms with van der Waals surface area (Å²) in [7, 11) is 0. The molecule has 1 aliphatic heterocycles. The number of aryl methyl sites for hydroxylation is 2. The predicted molar refractivity (Wildman–Crippen MR) is 111 cm³/mol. The van der Waals surface area contributed by atoms with E-state index in [1.165, 1.54) is 38.0 Å². The molecule has 0 atom stereocenters. The van der Waals surface area contributed by atoms with Crippen LogP contribution in [0.3, 0.4) is 0 Å². The summed E-state index contributed by atoms with van der Waals surface area (Å²) in [6.07, 6.45) is 7.51. The van der Waals surface area contributed by atoms with Crippen molar-refractivity contribution in [3.8, 4) is 0 Å². The molecule has 2 aliphatic rings. The lowest BCUT2D eigenvalue weighted by Gasteiger charge is -2.26. The van der Waals surface area contributed by atoms with Gasteiger partial charge in [0.2, 0.25) is 0 Å². The van der Waals surface area contributed by atoms with E-state index in [-0.39, 0.29) is 0 Å². The van der Waals surface area contributed by atoms with Gasteiger partial charge in [-0.1, -0.05) is 33.6 Å². The van der Waals surface area contributed by atoms with Crippen LogP contribution in [0.15, 0.2) is 38.9 Å². The quantitative estimate of drug-likeness (QED) is 0.553. The fourth-order valence-electron chi connectivity index (χ4n) is 4.03. The summed E-state index contributed by atoms with van der Waals surface area (Å²) >= 11 is 7.47. The third-order valence-electron chi connectivity index (χ3n) is 5.31. The number of aromatic nitrogens is 1. The molecule has 25 heavy (non-hydrogen) atoms. The lowest BCUT2D eigenvalue weighted by atomic mass is 9.83. The SMILES string of the molecule is Cc1ccc2c(c1Br)CCCc1cc(Br)cnc1C2=C1CCNCC1. The lowest BCUT2D eigenvalue weighted by Crippen LogP contribution is -2.24. The largest absolute Gasteiger partial charge is 0.316 e. The van der Waals surface area contributed by atoms with E-state index in [4.69, 9.17) is 4.98 Å². The second kappa shape index (κ2) is 7.34. The van der Waals surface area contributed by atoms with Crippen LogP contribution in [-0.4, -0.2) is 18.1 Å². The molecule has 2 aromatic rings. The van der Waals surface area contributed by atoms with E-state index in [0.717, 1.165) is 49.7 Å². The third-order valence-corrected chi connectivity index (χ3v) is 6.85. The highest BCUT2D eigenvalue weighted by Gasteiger charge is 2.24. The van der Waals surface area contributed by atoms with Crippen LogP contribution >= 0.6 is 31.9 Å². The van der Waals surface area contributed by atoms with Gasteiger partial charge in [0.15, 0.2) is 0 Å². The maximum Gasteiger partial charge on any atom is 0.0740 e. The van der Waals surface area contributed by atoms with Crippen LogP contribution in [0.5, 0.6) is 0 Å². The number of fused-ring (bicyclic) bond motifs is 2. The van der Waals surface area contributed by atoms with Crippen molar-refractivity contribution >= 4 is 37.4 Å². The first-order valence-electron chi connectivity index (χ1n) is 9.01. The van der Waals surface area contributed by atoms with E-state index in [1.807, 2.05) is 6.20 Å². The number of nitrogens with one attached hydrogen (secondary N) is 1. The number of piperidine rings is 1. The van der Waals surface area contributed by atoms with Crippen LogP contribution in [0.25, 0.3) is 5.57 Å². The monoisotopic (exact) mass is 460 g/mol. The first-order chi connectivity index (χ1) is 12.1. The standard InChI is InChI=1S/C21H22Br2N2/c1-13-5-6-17-18(20(13)23)4-2-3-15-11-16(22)12-25-21(15)19(17)14-7-9-24-10-8-14/h5-6,11-12,24H,2-4,7-10H2,1H3. The Morgan fingerprint density at radius 1 is 1.04 bits per heavy atom. The van der Waals surface area contributed by atoms with Crippen LogP contribution in [-0.2, 0) is 12.8 Å². The molecule has 2 nitrogen and oxygen atoms in total. The molecule has 1 N–H and O–H groups in total. The molecule has 1 aromatic heterocycles. The highest BCUT2D eigenvalue weighted by Crippen LogP contribution is 2.40. The summed E-state index contributed by atoms with van der Waals surface area (Å²) in [5.74, 6) is 0. The number of hydrogen-bond donors (Lipinski definition) is 1. The molecule has 0 bridgehead atoms. The zero-order chi connectivity index (χ0) is 17.4. The molecule has 1 fully saturated rings. The molecule has 0 amide bonds. The van der Waals surface area contributed by atoms with Gasteiger partial charge >= 0.3 is 0 Å². The van der Waals surface area contributed by atoms with Gasteiger partial charge in [0, 0.05) is 20.7 Å². The second-order valence-corrected chi connectivity index (χ2v) is 8.67. The summed E-state index contributed by atoms with van der Waals surface area (Å²) in [6, 6.07) is 6.82. The van der Waals surface area contributed by atoms with Crippen LogP contribution in [0.4, 0.5) is 0 Å². The Balaban J connectivity index is 2.01. The van der Waals surface area contributed by atoms with Crippen molar-refractivity contribution in [1.82, 2.24) is 10.3 Å². The molecule has 0 radical (unpaired) electrons. The molecular weight excluding hydrogens is 440 g/mol. The van der Waals surface area contributed by atoms with E-state index < -0.39 is 0 Å². The minimum Gasteiger partial charge on any atom is -0.316 e. The molecule has 2 heterocycles. The number of rotatable bonds is 0. The highest BCUT2D eigenvalue weighted by molar-refractivity contribution is 9.10. The maximum atomic E-state index is 4.89. The molecule has 1 aliphatic carbocycles. The van der Waals surface area contributed by atoms with Crippen LogP contribution < -0.4 is 5.32 Å². The Hall–Kier alpha value is -0.970. The van der Waals surface area contributed by atoms with E-state index in [2.05, 4.69) is 62.3 Å². The van der Waals surface area contributed by atoms with E-state index in [9.17, 15) is 0 Å². The lowest BCUT2D eigenvalue weighted by molar-refractivity contribution is 0.611. The number of hydrogen-bond acceptors (Lipinski definition) is 2. The smallest absolute Gasteiger partial charge is 0.0740 e. The van der Waals surface area contributed by atoms with Crippen molar-refractivity contribution in [2.24, 2.45) is 0 Å². The summed E-state index contributed by atoms with van der Waals surface area (Å²) < 4.78 is 2.35. The van der Waals surface area contributed by atoms with E-state index >= 15 is 0 Å². The molecule has 1 saturated heterocycles. The van der Waals surface area contributed by atoms with Gasteiger partial charge < -0.3 is 5.32 Å². The molecule has 0 spiro atoms. The van der Waals surface area contributed by atoms with Gasteiger partial charge in [0.25, 0.3) is 0 Å². The maximum absolute atomic E-state index is 4.89. The summed E-state index contributed by atoms with van der Waals surface area (Å²) in [5, 5.41) is 3.49. The van der Waals surface area contributed by atoms with E-state index in [0.29, 0.717) is 0 Å². The van der Waals surface area contributed by atoms with E-state index in [1.54, 1.807) is 5.57 Å². The first-order valence-corrected chi connectivity index (χ1v) is 10.6. The predicted octanol–water partition coefficient (Wildman–Crippen LogP) is 5.59. The average molecular weight is 462 g/mol. The van der Waals surface area contributed by atoms with Gasteiger partial charge in [-0.3, -0.25) is 4.98 Å². The Kier molecular flexibility index (Phi) is 5.12. The van der Waals surface area contributed by atoms with Gasteiger partial charge in [-0.25, -0.2) is 0 Å². The van der Waals surface area contributed by atoms with Gasteiger partial charge in [0.05, 0.1) is 5.69 Å². The highest BCUT2D eigenvalue weighted by atomic mass is 79.9. The number of nitrogens with zero attached hydrogens (tertiary/aromatic N) is 1. The fraction of sp³-hybridized carbons (Fsp3) is 0.381. The zero-order valence-corrected chi connectivity index (χ0v) is 17.6. The molecule has 0 saturated carbocycles. The zero-order valence-electron chi connectivity index (χ0n) is 14.5. The third kappa shape index (κ3) is 3.36. The number of pyridine rings is 1. The fourth-order valence-corrected chi connectivity index (χ4v) is 4.96. The van der Waals surface area contributed by atoms with Crippen molar-refractivity contribution in [3.63, 3.8) is 0 Å². The molecule has 1 aromatic carbocycles. The summed E-state index contributed by atoms with van der Waals surface area (Å²) in [4.78, 5) is 4.89. The number of benzene rings is 1. The molecular formula is C21H22Br2N2. The molecule has 0 unspecified atom stereocenters. The Bertz CT molecular complexity index is 847. The summed E-state index contributed by atoms with van der Waals surface area (Å²) in [6.45, 7) is 4.31. The van der Waals surface area contributed by atoms with Crippen molar-refractivity contribution in [3.05, 3.63) is 66.9 Å². The van der Waals surface area contributed by atoms with Crippen molar-refractivity contribution in [2.75, 3.05) is 13.1 Å². The van der Waals surface area contributed by atoms with Crippen LogP contribution in [0, 0.1) is 6.92 Å². The van der Waals surface area contributed by atoms with Crippen LogP contribution in [0.1, 0.15) is 47.2 Å². The van der Waals surface area contributed by atoms with Crippen molar-refractivity contribution in [1.29, 1.82) is 0 Å². The Morgan fingerprint density at radius 2 is 1.84 bits per heavy atom. The number of halogens is 2. The summed E-state index contributed by atoms with van der Waals surface area (Å²) in [5.41, 5.74) is 9.65. The van der Waals surface area contributed by atoms with Gasteiger partial charge in [-0.05, 0) is 96.4 Å². The minimum absolute atomic E-state index is 1.06. The van der Waals surface area contributed by atoms with Crippen molar-refractivity contribution in [2.45, 2.75) is 39.0 Å². The normalized spacial score (nSPS) is 17.6. The minimum atomic E-state index is 1.06. The average Bonchev–Trinajstić information content (AvgIpc) is 2.61. The Labute approximate surface area is 166 Å². The van der Waals surface area contributed by atoms with Gasteiger partial charge in [-0.15, -0.1) is 0 Å². The molecule has 4 rings (SSSR count). The van der Waals surface area contributed by atoms with Crippen LogP contribution in [0.2, 0.25) is 0 Å². The molecule has 4 heteroatoms. The van der Waals surface area contributed by atoms with Gasteiger partial charge in [-0.2, -0.15) is 0 Å². The van der Waals surface area contributed by atoms with Crippen molar-refractivity contribution < 1.29 is 0 Å².